The van der Waals surface area contributed by atoms with Gasteiger partial charge in [0.25, 0.3) is 0 Å². The highest BCUT2D eigenvalue weighted by Crippen LogP contribution is 2.14. The van der Waals surface area contributed by atoms with Gasteiger partial charge >= 0.3 is 17.9 Å². The third-order valence-corrected chi connectivity index (χ3v) is 11.7. The highest BCUT2D eigenvalue weighted by Gasteiger charge is 2.19. The standard InChI is InChI=1S/C59H102O6/c1-4-7-10-13-16-19-22-24-26-28-29-31-33-35-38-40-43-46-49-52-58(61)64-55-56(65-59(62)53-50-47-44-41-36-21-18-15-12-9-6-3)54-63-57(60)51-48-45-42-39-37-34-32-30-27-25-23-20-17-14-11-8-5-2/h15-16,18-19,24-27,32,34,39,42,56H,4-14,17,20-23,28-31,33,35-38,40-41,43-55H2,1-3H3/b18-15-,19-16-,26-24-,27-25-,34-32-,42-39-/t56-/m0/s1. The van der Waals surface area contributed by atoms with Gasteiger partial charge in [-0.25, -0.2) is 0 Å². The number of carbonyl (C=O) groups excluding carboxylic acids is 3. The largest absolute Gasteiger partial charge is 0.462 e. The summed E-state index contributed by atoms with van der Waals surface area (Å²) in [7, 11) is 0. The number of hydrogen-bond donors (Lipinski definition) is 0. The van der Waals surface area contributed by atoms with Gasteiger partial charge < -0.3 is 14.2 Å². The topological polar surface area (TPSA) is 78.9 Å². The molecular formula is C59H102O6. The lowest BCUT2D eigenvalue weighted by atomic mass is 10.1. The highest BCUT2D eigenvalue weighted by molar-refractivity contribution is 5.71. The molecule has 0 rings (SSSR count). The van der Waals surface area contributed by atoms with E-state index in [9.17, 15) is 14.4 Å². The van der Waals surface area contributed by atoms with Crippen molar-refractivity contribution < 1.29 is 28.6 Å². The molecule has 1 atom stereocenters. The zero-order chi connectivity index (χ0) is 47.2. The molecule has 0 heterocycles. The predicted molar refractivity (Wildman–Crippen MR) is 279 cm³/mol. The van der Waals surface area contributed by atoms with E-state index in [0.717, 1.165) is 77.0 Å². The molecule has 0 unspecified atom stereocenters. The number of ether oxygens (including phenoxy) is 3. The third-order valence-electron chi connectivity index (χ3n) is 11.7. The van der Waals surface area contributed by atoms with Crippen LogP contribution in [0.4, 0.5) is 0 Å². The fourth-order valence-electron chi connectivity index (χ4n) is 7.47. The first-order chi connectivity index (χ1) is 32.0. The van der Waals surface area contributed by atoms with E-state index in [0.29, 0.717) is 19.3 Å². The van der Waals surface area contributed by atoms with Crippen LogP contribution in [-0.4, -0.2) is 37.2 Å². The highest BCUT2D eigenvalue weighted by atomic mass is 16.6. The maximum atomic E-state index is 12.8. The van der Waals surface area contributed by atoms with Gasteiger partial charge in [-0.15, -0.1) is 0 Å². The Kier molecular flexibility index (Phi) is 50.9. The minimum absolute atomic E-state index is 0.0965. The second-order valence-electron chi connectivity index (χ2n) is 18.1. The van der Waals surface area contributed by atoms with Crippen molar-refractivity contribution in [2.75, 3.05) is 13.2 Å². The summed E-state index contributed by atoms with van der Waals surface area (Å²) in [5, 5.41) is 0. The number of esters is 3. The molecule has 0 aliphatic heterocycles. The fraction of sp³-hybridized carbons (Fsp3) is 0.746. The Labute approximate surface area is 402 Å². The lowest BCUT2D eigenvalue weighted by Gasteiger charge is -2.18. The fourth-order valence-corrected chi connectivity index (χ4v) is 7.47. The molecule has 0 aromatic carbocycles. The van der Waals surface area contributed by atoms with Crippen LogP contribution >= 0.6 is 0 Å². The van der Waals surface area contributed by atoms with Crippen molar-refractivity contribution in [3.8, 4) is 0 Å². The molecule has 0 saturated carbocycles. The van der Waals surface area contributed by atoms with Gasteiger partial charge in [-0.2, -0.15) is 0 Å². The van der Waals surface area contributed by atoms with E-state index < -0.39 is 6.10 Å². The van der Waals surface area contributed by atoms with Crippen LogP contribution in [-0.2, 0) is 28.6 Å². The van der Waals surface area contributed by atoms with Crippen LogP contribution in [0.1, 0.15) is 265 Å². The SMILES string of the molecule is CCCC/C=C\CCCCCCCC(=O)O[C@@H](COC(=O)CCC/C=C\C/C=C\C/C=C\CCCCCCCC)COC(=O)CCCCCCCCCCC/C=C\C/C=C\CCCCC. The first-order valence-corrected chi connectivity index (χ1v) is 27.4. The summed E-state index contributed by atoms with van der Waals surface area (Å²) in [5.74, 6) is -0.961. The van der Waals surface area contributed by atoms with Crippen molar-refractivity contribution in [3.63, 3.8) is 0 Å². The molecular weight excluding hydrogens is 805 g/mol. The molecule has 65 heavy (non-hydrogen) atoms. The zero-order valence-electron chi connectivity index (χ0n) is 42.7. The van der Waals surface area contributed by atoms with Crippen molar-refractivity contribution in [3.05, 3.63) is 72.9 Å². The lowest BCUT2D eigenvalue weighted by molar-refractivity contribution is -0.167. The monoisotopic (exact) mass is 907 g/mol. The molecule has 374 valence electrons. The van der Waals surface area contributed by atoms with Crippen LogP contribution in [0.25, 0.3) is 0 Å². The van der Waals surface area contributed by atoms with Crippen LogP contribution in [0.2, 0.25) is 0 Å². The first kappa shape index (κ1) is 61.9. The Morgan fingerprint density at radius 3 is 1.02 bits per heavy atom. The summed E-state index contributed by atoms with van der Waals surface area (Å²) < 4.78 is 16.8. The molecule has 0 bridgehead atoms. The number of carbonyl (C=O) groups is 3. The Morgan fingerprint density at radius 2 is 0.585 bits per heavy atom. The third kappa shape index (κ3) is 51.7. The summed E-state index contributed by atoms with van der Waals surface area (Å²) in [6, 6.07) is 0. The van der Waals surface area contributed by atoms with Gasteiger partial charge in [-0.1, -0.05) is 216 Å². The second-order valence-corrected chi connectivity index (χ2v) is 18.1. The van der Waals surface area contributed by atoms with Crippen LogP contribution in [0, 0.1) is 0 Å². The Balaban J connectivity index is 4.40. The minimum atomic E-state index is -0.801. The maximum absolute atomic E-state index is 12.8. The van der Waals surface area contributed by atoms with Gasteiger partial charge in [0.2, 0.25) is 0 Å². The Hall–Kier alpha value is -3.15. The summed E-state index contributed by atoms with van der Waals surface area (Å²) in [4.78, 5) is 38.0. The molecule has 0 aliphatic rings. The summed E-state index contributed by atoms with van der Waals surface area (Å²) >= 11 is 0. The smallest absolute Gasteiger partial charge is 0.306 e. The summed E-state index contributed by atoms with van der Waals surface area (Å²) in [6.45, 7) is 6.52. The van der Waals surface area contributed by atoms with E-state index in [1.165, 1.54) is 141 Å². The molecule has 0 fully saturated rings. The molecule has 0 aromatic rings. The second kappa shape index (κ2) is 53.5. The molecule has 0 spiro atoms. The predicted octanol–water partition coefficient (Wildman–Crippen LogP) is 18.2. The molecule has 6 heteroatoms. The number of unbranched alkanes of at least 4 members (excludes halogenated alkanes) is 26. The van der Waals surface area contributed by atoms with Crippen LogP contribution in [0.5, 0.6) is 0 Å². The van der Waals surface area contributed by atoms with Crippen molar-refractivity contribution in [1.82, 2.24) is 0 Å². The van der Waals surface area contributed by atoms with Gasteiger partial charge in [0.05, 0.1) is 0 Å². The van der Waals surface area contributed by atoms with Crippen molar-refractivity contribution in [2.45, 2.75) is 271 Å². The van der Waals surface area contributed by atoms with Gasteiger partial charge in [0, 0.05) is 19.3 Å². The van der Waals surface area contributed by atoms with Crippen molar-refractivity contribution in [2.24, 2.45) is 0 Å². The molecule has 0 amide bonds. The van der Waals surface area contributed by atoms with E-state index in [1.54, 1.807) is 0 Å². The average Bonchev–Trinajstić information content (AvgIpc) is 3.30. The molecule has 0 saturated heterocycles. The minimum Gasteiger partial charge on any atom is -0.462 e. The molecule has 0 N–H and O–H groups in total. The Bertz CT molecular complexity index is 1230. The van der Waals surface area contributed by atoms with Gasteiger partial charge in [-0.05, 0) is 103 Å². The molecule has 0 aromatic heterocycles. The molecule has 0 radical (unpaired) electrons. The van der Waals surface area contributed by atoms with E-state index in [2.05, 4.69) is 93.7 Å². The number of allylic oxidation sites excluding steroid dienone is 12. The normalized spacial score (nSPS) is 12.6. The number of hydrogen-bond acceptors (Lipinski definition) is 6. The van der Waals surface area contributed by atoms with Gasteiger partial charge in [0.15, 0.2) is 6.10 Å². The van der Waals surface area contributed by atoms with Crippen molar-refractivity contribution in [1.29, 1.82) is 0 Å². The van der Waals surface area contributed by atoms with Crippen LogP contribution < -0.4 is 0 Å². The van der Waals surface area contributed by atoms with E-state index in [-0.39, 0.29) is 37.5 Å². The van der Waals surface area contributed by atoms with Crippen LogP contribution in [0.15, 0.2) is 72.9 Å². The van der Waals surface area contributed by atoms with Crippen LogP contribution in [0.3, 0.4) is 0 Å². The lowest BCUT2D eigenvalue weighted by Crippen LogP contribution is -2.30. The molecule has 6 nitrogen and oxygen atoms in total. The zero-order valence-corrected chi connectivity index (χ0v) is 42.7. The van der Waals surface area contributed by atoms with E-state index in [1.807, 2.05) is 0 Å². The maximum Gasteiger partial charge on any atom is 0.306 e. The quantitative estimate of drug-likeness (QED) is 0.0262. The summed E-state index contributed by atoms with van der Waals surface area (Å²) in [6.07, 6.45) is 67.5. The van der Waals surface area contributed by atoms with Crippen molar-refractivity contribution >= 4 is 17.9 Å². The van der Waals surface area contributed by atoms with Gasteiger partial charge in [-0.3, -0.25) is 14.4 Å². The summed E-state index contributed by atoms with van der Waals surface area (Å²) in [5.41, 5.74) is 0. The average molecular weight is 907 g/mol. The molecule has 0 aliphatic carbocycles. The first-order valence-electron chi connectivity index (χ1n) is 27.4. The van der Waals surface area contributed by atoms with E-state index in [4.69, 9.17) is 14.2 Å². The van der Waals surface area contributed by atoms with E-state index >= 15 is 0 Å². The number of rotatable bonds is 49. The van der Waals surface area contributed by atoms with Gasteiger partial charge in [0.1, 0.15) is 13.2 Å². The Morgan fingerprint density at radius 1 is 0.308 bits per heavy atom.